The van der Waals surface area contributed by atoms with E-state index in [1.165, 1.54) is 42.1 Å². The first kappa shape index (κ1) is 12.6. The Labute approximate surface area is 115 Å². The summed E-state index contributed by atoms with van der Waals surface area (Å²) in [6.07, 6.45) is 7.06. The Morgan fingerprint density at radius 1 is 1.12 bits per heavy atom. The molecule has 1 fully saturated rings. The molecule has 0 aliphatic heterocycles. The van der Waals surface area contributed by atoms with Gasteiger partial charge in [0, 0.05) is 9.80 Å². The van der Waals surface area contributed by atoms with Gasteiger partial charge >= 0.3 is 0 Å². The van der Waals surface area contributed by atoms with E-state index in [4.69, 9.17) is 0 Å². The molecule has 2 rings (SSSR count). The van der Waals surface area contributed by atoms with Gasteiger partial charge < -0.3 is 0 Å². The summed E-state index contributed by atoms with van der Waals surface area (Å²) >= 11 is 7.38. The highest BCUT2D eigenvalue weighted by atomic mass is 79.9. The van der Waals surface area contributed by atoms with Crippen LogP contribution in [-0.2, 0) is 0 Å². The average molecular weight is 346 g/mol. The van der Waals surface area contributed by atoms with Crippen molar-refractivity contribution < 1.29 is 0 Å². The first-order valence-corrected chi connectivity index (χ1v) is 8.04. The van der Waals surface area contributed by atoms with Crippen molar-refractivity contribution in [1.29, 1.82) is 0 Å². The number of alkyl halides is 1. The van der Waals surface area contributed by atoms with Crippen LogP contribution >= 0.6 is 31.9 Å². The van der Waals surface area contributed by atoms with Crippen LogP contribution in [0.3, 0.4) is 0 Å². The first-order valence-electron chi connectivity index (χ1n) is 6.13. The molecule has 1 unspecified atom stereocenters. The normalized spacial score (nSPS) is 19.6. The largest absolute Gasteiger partial charge is 0.0921 e. The van der Waals surface area contributed by atoms with E-state index in [0.29, 0.717) is 5.92 Å². The van der Waals surface area contributed by atoms with E-state index >= 15 is 0 Å². The predicted molar refractivity (Wildman–Crippen MR) is 77.3 cm³/mol. The van der Waals surface area contributed by atoms with Gasteiger partial charge in [-0.3, -0.25) is 0 Å². The molecule has 0 N–H and O–H groups in total. The molecule has 0 spiro atoms. The maximum atomic E-state index is 3.70. The highest BCUT2D eigenvalue weighted by Crippen LogP contribution is 2.39. The topological polar surface area (TPSA) is 0 Å². The second-order valence-corrected chi connectivity index (χ2v) is 6.18. The van der Waals surface area contributed by atoms with Gasteiger partial charge in [-0.2, -0.15) is 0 Å². The highest BCUT2D eigenvalue weighted by Gasteiger charge is 2.25. The van der Waals surface area contributed by atoms with Crippen LogP contribution in [0.15, 0.2) is 28.7 Å². The molecule has 1 aliphatic carbocycles. The quantitative estimate of drug-likeness (QED) is 0.634. The Hall–Kier alpha value is 0.180. The van der Waals surface area contributed by atoms with Gasteiger partial charge in [0.25, 0.3) is 0 Å². The number of rotatable bonds is 3. The van der Waals surface area contributed by atoms with Crippen molar-refractivity contribution >= 4 is 31.9 Å². The lowest BCUT2D eigenvalue weighted by Gasteiger charge is -2.30. The van der Waals surface area contributed by atoms with Gasteiger partial charge in [-0.1, -0.05) is 69.3 Å². The van der Waals surface area contributed by atoms with Gasteiger partial charge in [0.2, 0.25) is 0 Å². The molecular formula is C14H18Br2. The van der Waals surface area contributed by atoms with Crippen molar-refractivity contribution in [1.82, 2.24) is 0 Å². The fourth-order valence-electron chi connectivity index (χ4n) is 2.78. The Balaban J connectivity index is 2.18. The zero-order valence-electron chi connectivity index (χ0n) is 9.46. The number of halogens is 2. The first-order chi connectivity index (χ1) is 7.83. The third kappa shape index (κ3) is 2.89. The summed E-state index contributed by atoms with van der Waals surface area (Å²) < 4.78 is 1.27. The predicted octanol–water partition coefficient (Wildman–Crippen LogP) is 5.51. The maximum Gasteiger partial charge on any atom is 0.0210 e. The minimum absolute atomic E-state index is 0.677. The molecule has 1 aromatic rings. The molecule has 1 saturated carbocycles. The van der Waals surface area contributed by atoms with Crippen molar-refractivity contribution in [2.45, 2.75) is 38.0 Å². The van der Waals surface area contributed by atoms with E-state index in [-0.39, 0.29) is 0 Å². The van der Waals surface area contributed by atoms with E-state index < -0.39 is 0 Å². The van der Waals surface area contributed by atoms with Crippen LogP contribution in [0.1, 0.15) is 43.6 Å². The maximum absolute atomic E-state index is 3.70. The fourth-order valence-corrected chi connectivity index (χ4v) is 4.23. The minimum atomic E-state index is 0.677. The zero-order valence-corrected chi connectivity index (χ0v) is 12.6. The molecule has 0 nitrogen and oxygen atoms in total. The lowest BCUT2D eigenvalue weighted by atomic mass is 9.78. The van der Waals surface area contributed by atoms with E-state index in [9.17, 15) is 0 Å². The van der Waals surface area contributed by atoms with Crippen LogP contribution in [0.5, 0.6) is 0 Å². The van der Waals surface area contributed by atoms with Crippen LogP contribution in [-0.4, -0.2) is 5.33 Å². The SMILES string of the molecule is BrCC(c1ccccc1Br)C1CCCCC1. The molecule has 0 heterocycles. The number of hydrogen-bond acceptors (Lipinski definition) is 0. The van der Waals surface area contributed by atoms with Gasteiger partial charge in [0.15, 0.2) is 0 Å². The van der Waals surface area contributed by atoms with E-state index in [2.05, 4.69) is 56.1 Å². The Kier molecular flexibility index (Phi) is 4.90. The van der Waals surface area contributed by atoms with E-state index in [1.807, 2.05) is 0 Å². The Morgan fingerprint density at radius 2 is 1.81 bits per heavy atom. The van der Waals surface area contributed by atoms with E-state index in [1.54, 1.807) is 0 Å². The molecule has 88 valence electrons. The van der Waals surface area contributed by atoms with Crippen LogP contribution in [0.4, 0.5) is 0 Å². The summed E-state index contributed by atoms with van der Waals surface area (Å²) in [6.45, 7) is 0. The standard InChI is InChI=1S/C14H18Br2/c15-10-13(11-6-2-1-3-7-11)12-8-4-5-9-14(12)16/h4-5,8-9,11,13H,1-3,6-7,10H2. The van der Waals surface area contributed by atoms with Crippen molar-refractivity contribution in [3.63, 3.8) is 0 Å². The summed E-state index contributed by atoms with van der Waals surface area (Å²) in [6, 6.07) is 8.68. The molecule has 0 saturated heterocycles. The lowest BCUT2D eigenvalue weighted by Crippen LogP contribution is -2.17. The molecule has 16 heavy (non-hydrogen) atoms. The summed E-state index contributed by atoms with van der Waals surface area (Å²) in [5.74, 6) is 1.54. The van der Waals surface area contributed by atoms with Crippen molar-refractivity contribution in [3.8, 4) is 0 Å². The molecule has 1 aliphatic rings. The molecular weight excluding hydrogens is 328 g/mol. The van der Waals surface area contributed by atoms with Gasteiger partial charge in [-0.25, -0.2) is 0 Å². The van der Waals surface area contributed by atoms with Gasteiger partial charge in [0.1, 0.15) is 0 Å². The Bertz CT molecular complexity index is 329. The summed E-state index contributed by atoms with van der Waals surface area (Å²) in [4.78, 5) is 0. The van der Waals surface area contributed by atoms with Crippen LogP contribution in [0, 0.1) is 5.92 Å². The smallest absolute Gasteiger partial charge is 0.0210 e. The van der Waals surface area contributed by atoms with Crippen molar-refractivity contribution in [3.05, 3.63) is 34.3 Å². The number of benzene rings is 1. The molecule has 0 radical (unpaired) electrons. The number of hydrogen-bond donors (Lipinski definition) is 0. The molecule has 1 atom stereocenters. The van der Waals surface area contributed by atoms with Crippen molar-refractivity contribution in [2.75, 3.05) is 5.33 Å². The monoisotopic (exact) mass is 344 g/mol. The van der Waals surface area contributed by atoms with Crippen LogP contribution < -0.4 is 0 Å². The van der Waals surface area contributed by atoms with Gasteiger partial charge in [-0.15, -0.1) is 0 Å². The molecule has 0 amide bonds. The molecule has 0 bridgehead atoms. The Morgan fingerprint density at radius 3 is 2.44 bits per heavy atom. The summed E-state index contributed by atoms with van der Waals surface area (Å²) in [5, 5.41) is 1.08. The van der Waals surface area contributed by atoms with Gasteiger partial charge in [-0.05, 0) is 36.3 Å². The third-order valence-corrected chi connectivity index (χ3v) is 5.11. The van der Waals surface area contributed by atoms with Crippen LogP contribution in [0.2, 0.25) is 0 Å². The summed E-state index contributed by atoms with van der Waals surface area (Å²) in [7, 11) is 0. The van der Waals surface area contributed by atoms with Crippen molar-refractivity contribution in [2.24, 2.45) is 5.92 Å². The second-order valence-electron chi connectivity index (χ2n) is 4.68. The second kappa shape index (κ2) is 6.20. The molecule has 0 aromatic heterocycles. The summed E-state index contributed by atoms with van der Waals surface area (Å²) in [5.41, 5.74) is 1.48. The minimum Gasteiger partial charge on any atom is -0.0921 e. The van der Waals surface area contributed by atoms with Gasteiger partial charge in [0.05, 0.1) is 0 Å². The lowest BCUT2D eigenvalue weighted by molar-refractivity contribution is 0.319. The molecule has 2 heteroatoms. The van der Waals surface area contributed by atoms with Crippen LogP contribution in [0.25, 0.3) is 0 Å². The fraction of sp³-hybridized carbons (Fsp3) is 0.571. The average Bonchev–Trinajstić information content (AvgIpc) is 2.34. The molecule has 1 aromatic carbocycles. The van der Waals surface area contributed by atoms with E-state index in [0.717, 1.165) is 11.2 Å². The highest BCUT2D eigenvalue weighted by molar-refractivity contribution is 9.10. The zero-order chi connectivity index (χ0) is 11.4. The third-order valence-electron chi connectivity index (χ3n) is 3.69.